The Labute approximate surface area is 119 Å². The van der Waals surface area contributed by atoms with Crippen LogP contribution in [0.3, 0.4) is 0 Å². The Morgan fingerprint density at radius 2 is 2.21 bits per heavy atom. The lowest BCUT2D eigenvalue weighted by Crippen LogP contribution is -2.28. The van der Waals surface area contributed by atoms with Crippen LogP contribution < -0.4 is 5.32 Å². The van der Waals surface area contributed by atoms with Gasteiger partial charge in [-0.15, -0.1) is 0 Å². The number of aliphatic hydroxyl groups excluding tert-OH is 1. The quantitative estimate of drug-likeness (QED) is 0.909. The van der Waals surface area contributed by atoms with E-state index in [0.717, 1.165) is 10.0 Å². The molecule has 0 saturated heterocycles. The maximum atomic E-state index is 12.0. The van der Waals surface area contributed by atoms with Crippen molar-refractivity contribution in [1.29, 1.82) is 0 Å². The van der Waals surface area contributed by atoms with E-state index in [1.165, 1.54) is 6.26 Å². The first kappa shape index (κ1) is 13.8. The average molecular weight is 324 g/mol. The van der Waals surface area contributed by atoms with Crippen LogP contribution in [0.4, 0.5) is 0 Å². The van der Waals surface area contributed by atoms with Crippen LogP contribution >= 0.6 is 15.9 Å². The van der Waals surface area contributed by atoms with Crippen LogP contribution in [0.5, 0.6) is 0 Å². The highest BCUT2D eigenvalue weighted by molar-refractivity contribution is 9.10. The number of hydrogen-bond acceptors (Lipinski definition) is 3. The second-order valence-corrected chi connectivity index (χ2v) is 5.01. The molecule has 0 radical (unpaired) electrons. The Bertz CT molecular complexity index is 566. The smallest absolute Gasteiger partial charge is 0.251 e. The van der Waals surface area contributed by atoms with Gasteiger partial charge in [-0.1, -0.05) is 22.0 Å². The van der Waals surface area contributed by atoms with Crippen molar-refractivity contribution in [3.8, 4) is 0 Å². The van der Waals surface area contributed by atoms with Crippen LogP contribution in [0.2, 0.25) is 0 Å². The van der Waals surface area contributed by atoms with E-state index in [2.05, 4.69) is 21.2 Å². The molecule has 0 saturated carbocycles. The fraction of sp³-hybridized carbons (Fsp3) is 0.214. The molecular weight excluding hydrogens is 310 g/mol. The van der Waals surface area contributed by atoms with E-state index in [9.17, 15) is 9.90 Å². The number of halogens is 1. The zero-order valence-corrected chi connectivity index (χ0v) is 12.0. The molecule has 0 bridgehead atoms. The van der Waals surface area contributed by atoms with E-state index in [0.29, 0.717) is 11.3 Å². The number of carbonyl (C=O) groups excluding carboxylic acids is 1. The zero-order chi connectivity index (χ0) is 13.8. The molecule has 2 rings (SSSR count). The van der Waals surface area contributed by atoms with Crippen LogP contribution in [-0.4, -0.2) is 17.6 Å². The summed E-state index contributed by atoms with van der Waals surface area (Å²) in [7, 11) is 0. The fourth-order valence-electron chi connectivity index (χ4n) is 1.72. The van der Waals surface area contributed by atoms with Gasteiger partial charge >= 0.3 is 0 Å². The molecule has 0 aliphatic heterocycles. The molecule has 1 heterocycles. The SMILES string of the molecule is Cc1c(Br)cccc1C(=O)NCC(O)c1ccco1. The van der Waals surface area contributed by atoms with Crippen LogP contribution in [0.25, 0.3) is 0 Å². The van der Waals surface area contributed by atoms with Crippen LogP contribution in [-0.2, 0) is 0 Å². The largest absolute Gasteiger partial charge is 0.467 e. The van der Waals surface area contributed by atoms with Crippen molar-refractivity contribution in [3.05, 3.63) is 58.0 Å². The molecule has 1 unspecified atom stereocenters. The van der Waals surface area contributed by atoms with Crippen molar-refractivity contribution in [2.45, 2.75) is 13.0 Å². The van der Waals surface area contributed by atoms with Gasteiger partial charge in [0.25, 0.3) is 5.91 Å². The van der Waals surface area contributed by atoms with Crippen molar-refractivity contribution in [3.63, 3.8) is 0 Å². The molecular formula is C14H14BrNO3. The number of furan rings is 1. The minimum atomic E-state index is -0.841. The van der Waals surface area contributed by atoms with Gasteiger partial charge in [-0.25, -0.2) is 0 Å². The molecule has 1 aromatic carbocycles. The first-order valence-corrected chi connectivity index (χ1v) is 6.63. The normalized spacial score (nSPS) is 12.2. The Balaban J connectivity index is 2.00. The lowest BCUT2D eigenvalue weighted by atomic mass is 10.1. The summed E-state index contributed by atoms with van der Waals surface area (Å²) in [5.41, 5.74) is 1.45. The van der Waals surface area contributed by atoms with Gasteiger partial charge in [0, 0.05) is 10.0 Å². The molecule has 0 spiro atoms. The molecule has 0 aliphatic rings. The minimum absolute atomic E-state index is 0.109. The van der Waals surface area contributed by atoms with Gasteiger partial charge in [0.1, 0.15) is 11.9 Å². The van der Waals surface area contributed by atoms with Crippen LogP contribution in [0.15, 0.2) is 45.5 Å². The van der Waals surface area contributed by atoms with Gasteiger partial charge in [-0.2, -0.15) is 0 Å². The molecule has 1 atom stereocenters. The predicted octanol–water partition coefficient (Wildman–Crippen LogP) is 2.81. The van der Waals surface area contributed by atoms with Crippen molar-refractivity contribution in [2.75, 3.05) is 6.54 Å². The summed E-state index contributed by atoms with van der Waals surface area (Å²) in [6, 6.07) is 8.79. The molecule has 4 nitrogen and oxygen atoms in total. The van der Waals surface area contributed by atoms with E-state index in [-0.39, 0.29) is 12.5 Å². The third-order valence-electron chi connectivity index (χ3n) is 2.84. The molecule has 100 valence electrons. The van der Waals surface area contributed by atoms with Crippen molar-refractivity contribution < 1.29 is 14.3 Å². The predicted molar refractivity (Wildman–Crippen MR) is 74.9 cm³/mol. The zero-order valence-electron chi connectivity index (χ0n) is 10.4. The Morgan fingerprint density at radius 1 is 1.42 bits per heavy atom. The van der Waals surface area contributed by atoms with Gasteiger partial charge in [0.15, 0.2) is 0 Å². The number of amides is 1. The number of carbonyl (C=O) groups is 1. The molecule has 0 aliphatic carbocycles. The molecule has 2 aromatic rings. The summed E-state index contributed by atoms with van der Waals surface area (Å²) in [4.78, 5) is 12.0. The van der Waals surface area contributed by atoms with Crippen molar-refractivity contribution in [1.82, 2.24) is 5.32 Å². The third-order valence-corrected chi connectivity index (χ3v) is 3.70. The Morgan fingerprint density at radius 3 is 2.89 bits per heavy atom. The average Bonchev–Trinajstić information content (AvgIpc) is 2.93. The van der Waals surface area contributed by atoms with Gasteiger partial charge in [-0.05, 0) is 36.8 Å². The molecule has 2 N–H and O–H groups in total. The highest BCUT2D eigenvalue weighted by Gasteiger charge is 2.14. The van der Waals surface area contributed by atoms with Gasteiger partial charge in [-0.3, -0.25) is 4.79 Å². The van der Waals surface area contributed by atoms with E-state index in [1.807, 2.05) is 13.0 Å². The fourth-order valence-corrected chi connectivity index (χ4v) is 2.09. The number of aliphatic hydroxyl groups is 1. The van der Waals surface area contributed by atoms with E-state index in [1.54, 1.807) is 24.3 Å². The van der Waals surface area contributed by atoms with Gasteiger partial charge < -0.3 is 14.8 Å². The van der Waals surface area contributed by atoms with Gasteiger partial charge in [0.05, 0.1) is 12.8 Å². The first-order chi connectivity index (χ1) is 9.09. The maximum absolute atomic E-state index is 12.0. The van der Waals surface area contributed by atoms with Gasteiger partial charge in [0.2, 0.25) is 0 Å². The second kappa shape index (κ2) is 6.04. The van der Waals surface area contributed by atoms with Crippen LogP contribution in [0.1, 0.15) is 27.8 Å². The monoisotopic (exact) mass is 323 g/mol. The molecule has 0 fully saturated rings. The highest BCUT2D eigenvalue weighted by Crippen LogP contribution is 2.19. The summed E-state index contributed by atoms with van der Waals surface area (Å²) < 4.78 is 5.95. The van der Waals surface area contributed by atoms with Crippen molar-refractivity contribution in [2.24, 2.45) is 0 Å². The molecule has 19 heavy (non-hydrogen) atoms. The number of hydrogen-bond donors (Lipinski definition) is 2. The number of nitrogens with one attached hydrogen (secondary N) is 1. The Kier molecular flexibility index (Phi) is 4.39. The number of benzene rings is 1. The minimum Gasteiger partial charge on any atom is -0.467 e. The van der Waals surface area contributed by atoms with E-state index < -0.39 is 6.10 Å². The lowest BCUT2D eigenvalue weighted by Gasteiger charge is -2.11. The topological polar surface area (TPSA) is 62.5 Å². The summed E-state index contributed by atoms with van der Waals surface area (Å²) >= 11 is 3.38. The first-order valence-electron chi connectivity index (χ1n) is 5.84. The molecule has 5 heteroatoms. The third kappa shape index (κ3) is 3.24. The Hall–Kier alpha value is -1.59. The summed E-state index contributed by atoms with van der Waals surface area (Å²) in [5.74, 6) is 0.218. The van der Waals surface area contributed by atoms with E-state index in [4.69, 9.17) is 4.42 Å². The molecule has 1 aromatic heterocycles. The number of rotatable bonds is 4. The van der Waals surface area contributed by atoms with Crippen LogP contribution in [0, 0.1) is 6.92 Å². The summed E-state index contributed by atoms with van der Waals surface area (Å²) in [6.07, 6.45) is 0.644. The standard InChI is InChI=1S/C14H14BrNO3/c1-9-10(4-2-5-11(9)15)14(18)16-8-12(17)13-6-3-7-19-13/h2-7,12,17H,8H2,1H3,(H,16,18). The second-order valence-electron chi connectivity index (χ2n) is 4.15. The van der Waals surface area contributed by atoms with Crippen molar-refractivity contribution >= 4 is 21.8 Å². The lowest BCUT2D eigenvalue weighted by molar-refractivity contribution is 0.0900. The highest BCUT2D eigenvalue weighted by atomic mass is 79.9. The van der Waals surface area contributed by atoms with E-state index >= 15 is 0 Å². The maximum Gasteiger partial charge on any atom is 0.251 e. The summed E-state index contributed by atoms with van der Waals surface area (Å²) in [6.45, 7) is 1.97. The summed E-state index contributed by atoms with van der Waals surface area (Å²) in [5, 5.41) is 12.5. The molecule has 1 amide bonds.